The predicted molar refractivity (Wildman–Crippen MR) is 128 cm³/mol. The first-order valence-corrected chi connectivity index (χ1v) is 11.8. The number of hydrogen-bond acceptors (Lipinski definition) is 7. The maximum Gasteiger partial charge on any atom is 0.352 e. The number of unbranched alkanes of at least 4 members (excludes halogenated alkanes) is 2. The van der Waals surface area contributed by atoms with Gasteiger partial charge in [-0.15, -0.1) is 0 Å². The van der Waals surface area contributed by atoms with E-state index in [4.69, 9.17) is 20.2 Å². The van der Waals surface area contributed by atoms with E-state index in [1.165, 1.54) is 0 Å². The van der Waals surface area contributed by atoms with Crippen molar-refractivity contribution in [2.75, 3.05) is 6.54 Å². The van der Waals surface area contributed by atoms with Crippen molar-refractivity contribution in [1.82, 2.24) is 9.55 Å². The van der Waals surface area contributed by atoms with Gasteiger partial charge in [-0.3, -0.25) is 9.59 Å². The van der Waals surface area contributed by atoms with Crippen molar-refractivity contribution < 1.29 is 19.1 Å². The van der Waals surface area contributed by atoms with Gasteiger partial charge < -0.3 is 19.8 Å². The number of para-hydroxylation sites is 1. The lowest BCUT2D eigenvalue weighted by Gasteiger charge is -2.25. The maximum absolute atomic E-state index is 13.2. The van der Waals surface area contributed by atoms with Gasteiger partial charge in [-0.2, -0.15) is 0 Å². The molecule has 2 aliphatic rings. The molecule has 0 saturated heterocycles. The third kappa shape index (κ3) is 4.33. The Kier molecular flexibility index (Phi) is 7.07. The quantitative estimate of drug-likeness (QED) is 0.343. The van der Waals surface area contributed by atoms with E-state index < -0.39 is 18.0 Å². The molecular weight excluding hydrogens is 434 g/mol. The highest BCUT2D eigenvalue weighted by Crippen LogP contribution is 2.36. The second kappa shape index (κ2) is 10.2. The fourth-order valence-electron chi connectivity index (χ4n) is 4.35. The van der Waals surface area contributed by atoms with Crippen LogP contribution >= 0.6 is 0 Å². The van der Waals surface area contributed by atoms with Crippen LogP contribution in [0.15, 0.2) is 41.2 Å². The van der Waals surface area contributed by atoms with Crippen molar-refractivity contribution in [2.45, 2.75) is 58.8 Å². The number of nitrogens with zero attached hydrogens (tertiary/aromatic N) is 2. The average Bonchev–Trinajstić information content (AvgIpc) is 3.21. The molecule has 0 bridgehead atoms. The zero-order chi connectivity index (χ0) is 24.2. The molecule has 0 radical (unpaired) electrons. The van der Waals surface area contributed by atoms with E-state index in [0.29, 0.717) is 42.0 Å². The van der Waals surface area contributed by atoms with Gasteiger partial charge in [0.05, 0.1) is 29.0 Å². The third-order valence-electron chi connectivity index (χ3n) is 6.00. The topological polar surface area (TPSA) is 114 Å². The van der Waals surface area contributed by atoms with Gasteiger partial charge in [0.1, 0.15) is 6.61 Å². The summed E-state index contributed by atoms with van der Waals surface area (Å²) in [5, 5.41) is 0.997. The van der Waals surface area contributed by atoms with E-state index in [0.717, 1.165) is 29.3 Å². The molecule has 8 heteroatoms. The number of benzene rings is 1. The molecule has 1 unspecified atom stereocenters. The fraction of sp³-hybridized carbons (Fsp3) is 0.385. The van der Waals surface area contributed by atoms with Crippen molar-refractivity contribution in [3.63, 3.8) is 0 Å². The van der Waals surface area contributed by atoms with Gasteiger partial charge in [0.15, 0.2) is 0 Å². The first kappa shape index (κ1) is 23.6. The number of esters is 2. The monoisotopic (exact) mass is 463 g/mol. The van der Waals surface area contributed by atoms with Crippen LogP contribution in [0.5, 0.6) is 0 Å². The van der Waals surface area contributed by atoms with Crippen LogP contribution in [-0.2, 0) is 32.2 Å². The number of hydrogen-bond donors (Lipinski definition) is 1. The molecule has 1 atom stereocenters. The molecule has 0 spiro atoms. The minimum atomic E-state index is -1.25. The molecule has 2 aromatic heterocycles. The summed E-state index contributed by atoms with van der Waals surface area (Å²) in [6.45, 7) is 4.83. The summed E-state index contributed by atoms with van der Waals surface area (Å²) in [4.78, 5) is 42.8. The van der Waals surface area contributed by atoms with Crippen LogP contribution in [0.2, 0.25) is 0 Å². The number of pyridine rings is 2. The van der Waals surface area contributed by atoms with Crippen LogP contribution < -0.4 is 11.3 Å². The minimum absolute atomic E-state index is 0.135. The fourth-order valence-corrected chi connectivity index (χ4v) is 4.35. The molecule has 2 N–H and O–H groups in total. The smallest absolute Gasteiger partial charge is 0.352 e. The summed E-state index contributed by atoms with van der Waals surface area (Å²) in [7, 11) is 0. The molecular formula is C26H29N3O5. The van der Waals surface area contributed by atoms with E-state index in [2.05, 4.69) is 0 Å². The van der Waals surface area contributed by atoms with E-state index >= 15 is 0 Å². The second-order valence-corrected chi connectivity index (χ2v) is 8.12. The maximum atomic E-state index is 13.2. The SMILES string of the molecule is CC.NCCCCCC(=O)OC1C(=O)OCc2c1cc1n(c2=O)Cc2cc3ccccc3nc2-1. The Balaban J connectivity index is 0.00000133. The molecule has 3 aromatic rings. The Morgan fingerprint density at radius 2 is 1.97 bits per heavy atom. The number of aromatic nitrogens is 2. The molecule has 0 saturated carbocycles. The first-order chi connectivity index (χ1) is 16.6. The molecule has 5 rings (SSSR count). The number of nitrogens with two attached hydrogens (primary N) is 1. The van der Waals surface area contributed by atoms with Crippen molar-refractivity contribution in [3.8, 4) is 11.4 Å². The van der Waals surface area contributed by atoms with Crippen LogP contribution in [0.1, 0.15) is 62.3 Å². The molecule has 1 aromatic carbocycles. The Labute approximate surface area is 197 Å². The largest absolute Gasteiger partial charge is 0.458 e. The minimum Gasteiger partial charge on any atom is -0.458 e. The highest BCUT2D eigenvalue weighted by atomic mass is 16.6. The highest BCUT2D eigenvalue weighted by molar-refractivity contribution is 5.85. The normalized spacial score (nSPS) is 15.5. The molecule has 34 heavy (non-hydrogen) atoms. The van der Waals surface area contributed by atoms with Crippen LogP contribution in [0.25, 0.3) is 22.3 Å². The zero-order valence-corrected chi connectivity index (χ0v) is 19.5. The summed E-state index contributed by atoms with van der Waals surface area (Å²) < 4.78 is 12.3. The second-order valence-electron chi connectivity index (χ2n) is 8.12. The summed E-state index contributed by atoms with van der Waals surface area (Å²) in [5.74, 6) is -1.16. The summed E-state index contributed by atoms with van der Waals surface area (Å²) in [6, 6.07) is 11.5. The lowest BCUT2D eigenvalue weighted by atomic mass is 10.00. The van der Waals surface area contributed by atoms with E-state index in [1.807, 2.05) is 44.2 Å². The number of carbonyl (C=O) groups is 2. The van der Waals surface area contributed by atoms with Gasteiger partial charge in [-0.1, -0.05) is 38.5 Å². The molecule has 0 amide bonds. The van der Waals surface area contributed by atoms with Gasteiger partial charge in [0.25, 0.3) is 5.56 Å². The number of carbonyl (C=O) groups excluding carboxylic acids is 2. The summed E-state index contributed by atoms with van der Waals surface area (Å²) >= 11 is 0. The van der Waals surface area contributed by atoms with Gasteiger partial charge in [-0.05, 0) is 37.6 Å². The van der Waals surface area contributed by atoms with Crippen molar-refractivity contribution in [1.29, 1.82) is 0 Å². The van der Waals surface area contributed by atoms with E-state index in [9.17, 15) is 14.4 Å². The van der Waals surface area contributed by atoms with Gasteiger partial charge in [-0.25, -0.2) is 9.78 Å². The Morgan fingerprint density at radius 1 is 1.18 bits per heavy atom. The Morgan fingerprint density at radius 3 is 2.76 bits per heavy atom. The molecule has 4 heterocycles. The summed E-state index contributed by atoms with van der Waals surface area (Å²) in [5.41, 5.74) is 9.03. The van der Waals surface area contributed by atoms with Crippen LogP contribution in [0.4, 0.5) is 0 Å². The molecule has 2 aliphatic heterocycles. The molecule has 0 fully saturated rings. The van der Waals surface area contributed by atoms with Gasteiger partial charge >= 0.3 is 11.9 Å². The lowest BCUT2D eigenvalue weighted by molar-refractivity contribution is -0.171. The lowest BCUT2D eigenvalue weighted by Crippen LogP contribution is -2.34. The Bertz CT molecular complexity index is 1300. The van der Waals surface area contributed by atoms with Crippen molar-refractivity contribution in [2.24, 2.45) is 5.73 Å². The predicted octanol–water partition coefficient (Wildman–Crippen LogP) is 3.61. The standard InChI is InChI=1S/C24H23N3O5.C2H6/c25-9-5-1-2-8-20(28)32-22-16-11-19-21-15(10-14-6-3-4-7-18(14)26-21)12-27(19)23(29)17(16)13-31-24(22)30;1-2/h3-4,6-7,10-11,22H,1-2,5,8-9,12-13,25H2;1-2H3. The van der Waals surface area contributed by atoms with Gasteiger partial charge in [0.2, 0.25) is 6.10 Å². The number of rotatable bonds is 6. The van der Waals surface area contributed by atoms with Crippen LogP contribution in [-0.4, -0.2) is 28.0 Å². The van der Waals surface area contributed by atoms with Gasteiger partial charge in [0, 0.05) is 22.9 Å². The third-order valence-corrected chi connectivity index (χ3v) is 6.00. The number of cyclic esters (lactones) is 1. The van der Waals surface area contributed by atoms with Crippen molar-refractivity contribution in [3.05, 3.63) is 63.4 Å². The molecule has 8 nitrogen and oxygen atoms in total. The van der Waals surface area contributed by atoms with Crippen LogP contribution in [0.3, 0.4) is 0 Å². The highest BCUT2D eigenvalue weighted by Gasteiger charge is 2.37. The van der Waals surface area contributed by atoms with E-state index in [-0.39, 0.29) is 18.6 Å². The summed E-state index contributed by atoms with van der Waals surface area (Å²) in [6.07, 6.45) is 1.19. The first-order valence-electron chi connectivity index (χ1n) is 11.8. The average molecular weight is 464 g/mol. The van der Waals surface area contributed by atoms with E-state index in [1.54, 1.807) is 10.6 Å². The zero-order valence-electron chi connectivity index (χ0n) is 19.5. The number of ether oxygens (including phenoxy) is 2. The number of fused-ring (bicyclic) bond motifs is 5. The van der Waals surface area contributed by atoms with Crippen LogP contribution in [0, 0.1) is 0 Å². The molecule has 0 aliphatic carbocycles. The van der Waals surface area contributed by atoms with Crippen molar-refractivity contribution >= 4 is 22.8 Å². The molecule has 178 valence electrons. The Hall–Kier alpha value is -3.52.